The number of amides is 1. The SMILES string of the molecule is Cc1ccncc1C(=O)N1CCN(C)[C@@H](C(=O)O)C1. The molecule has 2 rings (SSSR count). The highest BCUT2D eigenvalue weighted by Crippen LogP contribution is 2.14. The van der Waals surface area contributed by atoms with Crippen molar-refractivity contribution < 1.29 is 14.7 Å². The summed E-state index contributed by atoms with van der Waals surface area (Å²) >= 11 is 0. The highest BCUT2D eigenvalue weighted by molar-refractivity contribution is 5.95. The minimum Gasteiger partial charge on any atom is -0.480 e. The number of hydrogen-bond donors (Lipinski definition) is 1. The van der Waals surface area contributed by atoms with Gasteiger partial charge in [0.2, 0.25) is 0 Å². The number of aryl methyl sites for hydroxylation is 1. The zero-order chi connectivity index (χ0) is 14.0. The predicted molar refractivity (Wildman–Crippen MR) is 68.9 cm³/mol. The number of rotatable bonds is 2. The van der Waals surface area contributed by atoms with Gasteiger partial charge in [-0.1, -0.05) is 0 Å². The summed E-state index contributed by atoms with van der Waals surface area (Å²) in [6.45, 7) is 3.15. The van der Waals surface area contributed by atoms with Crippen molar-refractivity contribution in [1.29, 1.82) is 0 Å². The number of nitrogens with zero attached hydrogens (tertiary/aromatic N) is 3. The molecule has 0 aromatic carbocycles. The van der Waals surface area contributed by atoms with Gasteiger partial charge in [0.15, 0.2) is 0 Å². The van der Waals surface area contributed by atoms with Gasteiger partial charge in [-0.05, 0) is 25.6 Å². The summed E-state index contributed by atoms with van der Waals surface area (Å²) in [4.78, 5) is 30.8. The Bertz CT molecular complexity index is 504. The lowest BCUT2D eigenvalue weighted by Gasteiger charge is -2.37. The number of carboxylic acid groups (broad SMARTS) is 1. The predicted octanol–water partition coefficient (Wildman–Crippen LogP) is 0.231. The number of hydrogen-bond acceptors (Lipinski definition) is 4. The lowest BCUT2D eigenvalue weighted by Crippen LogP contribution is -2.56. The van der Waals surface area contributed by atoms with E-state index in [0.717, 1.165) is 5.56 Å². The summed E-state index contributed by atoms with van der Waals surface area (Å²) in [6, 6.07) is 1.13. The van der Waals surface area contributed by atoms with E-state index < -0.39 is 12.0 Å². The van der Waals surface area contributed by atoms with Gasteiger partial charge in [0.25, 0.3) is 5.91 Å². The summed E-state index contributed by atoms with van der Waals surface area (Å²) in [6.07, 6.45) is 3.17. The Morgan fingerprint density at radius 3 is 2.79 bits per heavy atom. The molecule has 2 heterocycles. The van der Waals surface area contributed by atoms with Gasteiger partial charge in [-0.2, -0.15) is 0 Å². The molecule has 1 aliphatic heterocycles. The molecule has 0 unspecified atom stereocenters. The highest BCUT2D eigenvalue weighted by Gasteiger charge is 2.32. The Labute approximate surface area is 111 Å². The van der Waals surface area contributed by atoms with Gasteiger partial charge in [0.1, 0.15) is 6.04 Å². The number of carbonyl (C=O) groups is 2. The molecule has 19 heavy (non-hydrogen) atoms. The van der Waals surface area contributed by atoms with Crippen molar-refractivity contribution in [2.24, 2.45) is 0 Å². The Hall–Kier alpha value is -1.95. The molecule has 0 saturated carbocycles. The summed E-state index contributed by atoms with van der Waals surface area (Å²) in [5, 5.41) is 9.14. The van der Waals surface area contributed by atoms with Crippen LogP contribution in [0.3, 0.4) is 0 Å². The van der Waals surface area contributed by atoms with Gasteiger partial charge in [-0.3, -0.25) is 19.5 Å². The molecule has 102 valence electrons. The van der Waals surface area contributed by atoms with E-state index >= 15 is 0 Å². The summed E-state index contributed by atoms with van der Waals surface area (Å²) in [5.41, 5.74) is 1.39. The summed E-state index contributed by atoms with van der Waals surface area (Å²) in [5.74, 6) is -1.05. The maximum absolute atomic E-state index is 12.4. The first-order valence-electron chi connectivity index (χ1n) is 6.13. The van der Waals surface area contributed by atoms with Crippen molar-refractivity contribution in [2.75, 3.05) is 26.7 Å². The topological polar surface area (TPSA) is 73.7 Å². The normalized spacial score (nSPS) is 20.3. The largest absolute Gasteiger partial charge is 0.480 e. The molecule has 1 amide bonds. The number of carboxylic acids is 1. The van der Waals surface area contributed by atoms with Gasteiger partial charge in [-0.25, -0.2) is 0 Å². The highest BCUT2D eigenvalue weighted by atomic mass is 16.4. The van der Waals surface area contributed by atoms with Crippen LogP contribution in [0.2, 0.25) is 0 Å². The summed E-state index contributed by atoms with van der Waals surface area (Å²) in [7, 11) is 1.76. The number of aromatic nitrogens is 1. The minimum atomic E-state index is -0.900. The molecule has 6 heteroatoms. The number of pyridine rings is 1. The van der Waals surface area contributed by atoms with Crippen LogP contribution in [-0.4, -0.2) is 64.5 Å². The Morgan fingerprint density at radius 1 is 1.42 bits per heavy atom. The molecular formula is C13H17N3O3. The first-order valence-corrected chi connectivity index (χ1v) is 6.13. The van der Waals surface area contributed by atoms with E-state index in [1.165, 1.54) is 6.20 Å². The Kier molecular flexibility index (Phi) is 3.80. The third kappa shape index (κ3) is 2.73. The van der Waals surface area contributed by atoms with Crippen LogP contribution in [0.15, 0.2) is 18.5 Å². The molecule has 1 atom stereocenters. The second kappa shape index (κ2) is 5.36. The van der Waals surface area contributed by atoms with Crippen LogP contribution in [-0.2, 0) is 4.79 Å². The standard InChI is InChI=1S/C13H17N3O3/c1-9-3-4-14-7-10(9)12(17)16-6-5-15(2)11(8-16)13(18)19/h3-4,7,11H,5-6,8H2,1-2H3,(H,18,19)/t11-/m1/s1. The lowest BCUT2D eigenvalue weighted by molar-refractivity contribution is -0.144. The van der Waals surface area contributed by atoms with Crippen molar-refractivity contribution in [3.8, 4) is 0 Å². The molecule has 1 saturated heterocycles. The first kappa shape index (κ1) is 13.5. The maximum atomic E-state index is 12.4. The van der Waals surface area contributed by atoms with E-state index in [4.69, 9.17) is 5.11 Å². The van der Waals surface area contributed by atoms with Crippen LogP contribution < -0.4 is 0 Å². The molecular weight excluding hydrogens is 246 g/mol. The molecule has 6 nitrogen and oxygen atoms in total. The van der Waals surface area contributed by atoms with Crippen LogP contribution >= 0.6 is 0 Å². The van der Waals surface area contributed by atoms with E-state index in [2.05, 4.69) is 4.98 Å². The number of likely N-dealkylation sites (N-methyl/N-ethyl adjacent to an activating group) is 1. The molecule has 0 aliphatic carbocycles. The quantitative estimate of drug-likeness (QED) is 0.827. The van der Waals surface area contributed by atoms with E-state index in [1.807, 2.05) is 6.92 Å². The Balaban J connectivity index is 2.17. The zero-order valence-electron chi connectivity index (χ0n) is 11.0. The average molecular weight is 263 g/mol. The third-order valence-corrected chi connectivity index (χ3v) is 3.49. The van der Waals surface area contributed by atoms with E-state index in [1.54, 1.807) is 29.1 Å². The molecule has 1 aromatic heterocycles. The van der Waals surface area contributed by atoms with Crippen molar-refractivity contribution in [1.82, 2.24) is 14.8 Å². The fourth-order valence-electron chi connectivity index (χ4n) is 2.18. The first-order chi connectivity index (χ1) is 9.00. The molecule has 1 aliphatic rings. The molecule has 1 aromatic rings. The molecule has 0 radical (unpaired) electrons. The molecule has 1 fully saturated rings. The van der Waals surface area contributed by atoms with Crippen LogP contribution in [0.1, 0.15) is 15.9 Å². The zero-order valence-corrected chi connectivity index (χ0v) is 11.0. The van der Waals surface area contributed by atoms with Gasteiger partial charge >= 0.3 is 5.97 Å². The fraction of sp³-hybridized carbons (Fsp3) is 0.462. The van der Waals surface area contributed by atoms with E-state index in [-0.39, 0.29) is 12.5 Å². The number of piperazine rings is 1. The smallest absolute Gasteiger partial charge is 0.322 e. The Morgan fingerprint density at radius 2 is 2.16 bits per heavy atom. The van der Waals surface area contributed by atoms with Crippen LogP contribution in [0.4, 0.5) is 0 Å². The lowest BCUT2D eigenvalue weighted by atomic mass is 10.1. The maximum Gasteiger partial charge on any atom is 0.322 e. The van der Waals surface area contributed by atoms with Crippen molar-refractivity contribution in [3.05, 3.63) is 29.6 Å². The second-order valence-electron chi connectivity index (χ2n) is 4.78. The van der Waals surface area contributed by atoms with Gasteiger partial charge < -0.3 is 10.0 Å². The van der Waals surface area contributed by atoms with Crippen LogP contribution in [0.5, 0.6) is 0 Å². The average Bonchev–Trinajstić information content (AvgIpc) is 2.38. The third-order valence-electron chi connectivity index (χ3n) is 3.49. The van der Waals surface area contributed by atoms with Crippen molar-refractivity contribution >= 4 is 11.9 Å². The van der Waals surface area contributed by atoms with E-state index in [9.17, 15) is 9.59 Å². The van der Waals surface area contributed by atoms with Gasteiger partial charge in [-0.15, -0.1) is 0 Å². The van der Waals surface area contributed by atoms with Crippen LogP contribution in [0.25, 0.3) is 0 Å². The summed E-state index contributed by atoms with van der Waals surface area (Å²) < 4.78 is 0. The molecule has 1 N–H and O–H groups in total. The van der Waals surface area contributed by atoms with Crippen LogP contribution in [0, 0.1) is 6.92 Å². The minimum absolute atomic E-state index is 0.148. The van der Waals surface area contributed by atoms with Crippen molar-refractivity contribution in [3.63, 3.8) is 0 Å². The number of carbonyl (C=O) groups excluding carboxylic acids is 1. The fourth-order valence-corrected chi connectivity index (χ4v) is 2.18. The van der Waals surface area contributed by atoms with Gasteiger partial charge in [0, 0.05) is 32.0 Å². The second-order valence-corrected chi connectivity index (χ2v) is 4.78. The van der Waals surface area contributed by atoms with E-state index in [0.29, 0.717) is 18.7 Å². The molecule has 0 bridgehead atoms. The monoisotopic (exact) mass is 263 g/mol. The van der Waals surface area contributed by atoms with Gasteiger partial charge in [0.05, 0.1) is 5.56 Å². The number of aliphatic carboxylic acids is 1. The molecule has 0 spiro atoms. The van der Waals surface area contributed by atoms with Crippen molar-refractivity contribution in [2.45, 2.75) is 13.0 Å².